The van der Waals surface area contributed by atoms with Gasteiger partial charge in [-0.25, -0.2) is 10.4 Å². The molecular weight excluding hydrogens is 494 g/mol. The molecule has 0 unspecified atom stereocenters. The maximum Gasteiger partial charge on any atom is 0.258 e. The summed E-state index contributed by atoms with van der Waals surface area (Å²) in [5, 5.41) is 2.97. The number of pyridine rings is 1. The van der Waals surface area contributed by atoms with Crippen LogP contribution in [-0.4, -0.2) is 42.0 Å². The Kier molecular flexibility index (Phi) is 8.65. The minimum atomic E-state index is -0.196. The van der Waals surface area contributed by atoms with E-state index in [1.54, 1.807) is 23.6 Å². The fourth-order valence-electron chi connectivity index (χ4n) is 4.68. The van der Waals surface area contributed by atoms with Gasteiger partial charge in [0.2, 0.25) is 0 Å². The largest absolute Gasteiger partial charge is 0.457 e. The summed E-state index contributed by atoms with van der Waals surface area (Å²) in [7, 11) is 0. The zero-order chi connectivity index (χ0) is 26.2. The third kappa shape index (κ3) is 6.58. The van der Waals surface area contributed by atoms with Crippen molar-refractivity contribution in [1.29, 1.82) is 0 Å². The van der Waals surface area contributed by atoms with Crippen LogP contribution in [0, 0.1) is 0 Å². The highest BCUT2D eigenvalue weighted by Gasteiger charge is 2.14. The second-order valence-corrected chi connectivity index (χ2v) is 10.3. The second kappa shape index (κ2) is 12.7. The number of rotatable bonds is 10. The van der Waals surface area contributed by atoms with Gasteiger partial charge >= 0.3 is 0 Å². The molecule has 2 aromatic carbocycles. The molecule has 1 aliphatic rings. The van der Waals surface area contributed by atoms with Crippen molar-refractivity contribution in [2.45, 2.75) is 25.7 Å². The summed E-state index contributed by atoms with van der Waals surface area (Å²) < 4.78 is 6.91. The predicted octanol–water partition coefficient (Wildman–Crippen LogP) is 5.85. The van der Waals surface area contributed by atoms with Crippen molar-refractivity contribution >= 4 is 39.2 Å². The van der Waals surface area contributed by atoms with Crippen LogP contribution in [0.2, 0.25) is 0 Å². The highest BCUT2D eigenvalue weighted by atomic mass is 32.1. The molecule has 1 aliphatic heterocycles. The van der Waals surface area contributed by atoms with Crippen LogP contribution >= 0.6 is 11.3 Å². The summed E-state index contributed by atoms with van der Waals surface area (Å²) in [6.45, 7) is 4.19. The van der Waals surface area contributed by atoms with Crippen LogP contribution in [0.25, 0.3) is 27.3 Å². The molecule has 8 heteroatoms. The molecule has 2 aromatic heterocycles. The van der Waals surface area contributed by atoms with Crippen molar-refractivity contribution in [3.05, 3.63) is 77.8 Å². The van der Waals surface area contributed by atoms with Crippen molar-refractivity contribution in [3.63, 3.8) is 0 Å². The van der Waals surface area contributed by atoms with Crippen LogP contribution in [0.1, 0.15) is 31.2 Å². The molecular formula is C30H33N5O2S. The summed E-state index contributed by atoms with van der Waals surface area (Å²) in [6.07, 6.45) is 9.97. The number of hydrazine groups is 1. The summed E-state index contributed by atoms with van der Waals surface area (Å²) >= 11 is 1.59. The number of piperidine rings is 1. The van der Waals surface area contributed by atoms with Crippen molar-refractivity contribution in [2.75, 3.05) is 31.9 Å². The van der Waals surface area contributed by atoms with Crippen LogP contribution in [0.3, 0.4) is 0 Å². The molecule has 0 atom stereocenters. The van der Waals surface area contributed by atoms with Gasteiger partial charge < -0.3 is 15.4 Å². The number of aromatic nitrogens is 1. The van der Waals surface area contributed by atoms with E-state index < -0.39 is 0 Å². The van der Waals surface area contributed by atoms with Crippen molar-refractivity contribution in [2.24, 2.45) is 0 Å². The monoisotopic (exact) mass is 527 g/mol. The first-order chi connectivity index (χ1) is 18.7. The van der Waals surface area contributed by atoms with Gasteiger partial charge in [-0.15, -0.1) is 11.3 Å². The Morgan fingerprint density at radius 1 is 1.05 bits per heavy atom. The third-order valence-electron chi connectivity index (χ3n) is 6.65. The predicted molar refractivity (Wildman–Crippen MR) is 156 cm³/mol. The maximum atomic E-state index is 12.3. The van der Waals surface area contributed by atoms with E-state index in [4.69, 9.17) is 10.5 Å². The highest BCUT2D eigenvalue weighted by molar-refractivity contribution is 7.18. The lowest BCUT2D eigenvalue weighted by atomic mass is 10.0. The quantitative estimate of drug-likeness (QED) is 0.136. The average molecular weight is 528 g/mol. The number of nitrogens with zero attached hydrogens (tertiary/aromatic N) is 2. The zero-order valence-electron chi connectivity index (χ0n) is 21.4. The molecule has 0 aliphatic carbocycles. The van der Waals surface area contributed by atoms with E-state index in [-0.39, 0.29) is 5.91 Å². The summed E-state index contributed by atoms with van der Waals surface area (Å²) in [5.74, 6) is 1.83. The van der Waals surface area contributed by atoms with Gasteiger partial charge in [0.25, 0.3) is 5.91 Å². The van der Waals surface area contributed by atoms with Gasteiger partial charge in [0, 0.05) is 40.0 Å². The minimum absolute atomic E-state index is 0.196. The molecule has 0 bridgehead atoms. The standard InChI is InChI=1S/C30H33N5O2S/c31-30-28-26(22-10-13-25(14-11-22)37-24-8-3-1-4-9-24)21-38-29(28)23(20-32-30)12-15-27(36)34-33-16-7-19-35-17-5-2-6-18-35/h1,3-4,8-15,20-21,33H,2,5-7,16-19H2,(H2,31,32)(H,34,36)/b15-12+. The number of nitrogens with one attached hydrogen (secondary N) is 2. The van der Waals surface area contributed by atoms with Gasteiger partial charge in [-0.2, -0.15) is 0 Å². The van der Waals surface area contributed by atoms with Crippen LogP contribution < -0.4 is 21.3 Å². The Hall–Kier alpha value is -3.72. The summed E-state index contributed by atoms with van der Waals surface area (Å²) in [6, 6.07) is 17.6. The zero-order valence-corrected chi connectivity index (χ0v) is 22.2. The lowest BCUT2D eigenvalue weighted by Gasteiger charge is -2.26. The van der Waals surface area contributed by atoms with Crippen molar-refractivity contribution in [3.8, 4) is 22.6 Å². The number of benzene rings is 2. The number of carbonyl (C=O) groups excluding carboxylic acids is 1. The normalized spacial score (nSPS) is 14.2. The summed E-state index contributed by atoms with van der Waals surface area (Å²) in [4.78, 5) is 19.2. The molecule has 38 heavy (non-hydrogen) atoms. The third-order valence-corrected chi connectivity index (χ3v) is 7.68. The van der Waals surface area contributed by atoms with Gasteiger partial charge in [0.1, 0.15) is 17.3 Å². The van der Waals surface area contributed by atoms with Gasteiger partial charge in [0.15, 0.2) is 0 Å². The second-order valence-electron chi connectivity index (χ2n) is 9.40. The van der Waals surface area contributed by atoms with Gasteiger partial charge in [-0.3, -0.25) is 10.2 Å². The van der Waals surface area contributed by atoms with Crippen molar-refractivity contribution in [1.82, 2.24) is 20.7 Å². The molecule has 1 saturated heterocycles. The number of ether oxygens (including phenoxy) is 1. The van der Waals surface area contributed by atoms with E-state index in [1.165, 1.54) is 38.4 Å². The molecule has 1 fully saturated rings. The number of likely N-dealkylation sites (tertiary alicyclic amines) is 1. The van der Waals surface area contributed by atoms with E-state index in [0.717, 1.165) is 57.8 Å². The molecule has 4 N–H and O–H groups in total. The van der Waals surface area contributed by atoms with E-state index in [1.807, 2.05) is 54.6 Å². The molecule has 1 amide bonds. The molecule has 7 nitrogen and oxygen atoms in total. The lowest BCUT2D eigenvalue weighted by molar-refractivity contribution is -0.117. The van der Waals surface area contributed by atoms with E-state index >= 15 is 0 Å². The molecule has 5 rings (SSSR count). The lowest BCUT2D eigenvalue weighted by Crippen LogP contribution is -2.38. The first-order valence-corrected chi connectivity index (χ1v) is 14.0. The fourth-order valence-corrected chi connectivity index (χ4v) is 5.75. The topological polar surface area (TPSA) is 92.5 Å². The molecule has 0 saturated carbocycles. The molecule has 0 radical (unpaired) electrons. The number of anilines is 1. The molecule has 3 heterocycles. The highest BCUT2D eigenvalue weighted by Crippen LogP contribution is 2.39. The number of carbonyl (C=O) groups is 1. The minimum Gasteiger partial charge on any atom is -0.457 e. The van der Waals surface area contributed by atoms with E-state index in [2.05, 4.69) is 26.1 Å². The van der Waals surface area contributed by atoms with E-state index in [9.17, 15) is 4.79 Å². The number of nitrogen functional groups attached to an aromatic ring is 1. The molecule has 196 valence electrons. The first-order valence-electron chi connectivity index (χ1n) is 13.1. The Labute approximate surface area is 227 Å². The Morgan fingerprint density at radius 2 is 1.82 bits per heavy atom. The van der Waals surface area contributed by atoms with Crippen LogP contribution in [0.15, 0.2) is 72.3 Å². The molecule has 0 spiro atoms. The van der Waals surface area contributed by atoms with Crippen LogP contribution in [-0.2, 0) is 4.79 Å². The van der Waals surface area contributed by atoms with Crippen molar-refractivity contribution < 1.29 is 9.53 Å². The number of fused-ring (bicyclic) bond motifs is 1. The number of hydrogen-bond donors (Lipinski definition) is 3. The summed E-state index contributed by atoms with van der Waals surface area (Å²) in [5.41, 5.74) is 15.0. The van der Waals surface area contributed by atoms with Crippen LogP contribution in [0.4, 0.5) is 5.82 Å². The fraction of sp³-hybridized carbons (Fsp3) is 0.267. The van der Waals surface area contributed by atoms with Crippen LogP contribution in [0.5, 0.6) is 11.5 Å². The number of nitrogens with two attached hydrogens (primary N) is 1. The smallest absolute Gasteiger partial charge is 0.258 e. The average Bonchev–Trinajstić information content (AvgIpc) is 3.40. The SMILES string of the molecule is Nc1ncc(/C=C/C(=O)NNCCCN2CCCCC2)c2scc(-c3ccc(Oc4ccccc4)cc3)c12. The molecule has 4 aromatic rings. The Bertz CT molecular complexity index is 1380. The number of hydrogen-bond acceptors (Lipinski definition) is 7. The van der Waals surface area contributed by atoms with Gasteiger partial charge in [0.05, 0.1) is 0 Å². The number of thiophene rings is 1. The Balaban J connectivity index is 1.20. The maximum absolute atomic E-state index is 12.3. The van der Waals surface area contributed by atoms with Gasteiger partial charge in [-0.1, -0.05) is 36.8 Å². The Morgan fingerprint density at radius 3 is 2.61 bits per heavy atom. The van der Waals surface area contributed by atoms with Gasteiger partial charge in [-0.05, 0) is 80.2 Å². The number of amides is 1. The first kappa shape index (κ1) is 25.9. The van der Waals surface area contributed by atoms with E-state index in [0.29, 0.717) is 5.82 Å². The number of para-hydroxylation sites is 1.